The van der Waals surface area contributed by atoms with Crippen LogP contribution in [0.4, 0.5) is 11.8 Å². The van der Waals surface area contributed by atoms with Gasteiger partial charge in [0.2, 0.25) is 5.95 Å². The molecule has 0 radical (unpaired) electrons. The number of aliphatic hydroxyl groups excluding tert-OH is 1. The van der Waals surface area contributed by atoms with Gasteiger partial charge in [-0.15, -0.1) is 0 Å². The molecule has 0 aliphatic carbocycles. The number of nitrogens with zero attached hydrogens (tertiary/aromatic N) is 2. The van der Waals surface area contributed by atoms with Gasteiger partial charge in [0.05, 0.1) is 11.6 Å². The standard InChI is InChI=1S/C15H22N4O/c1-15(2,3)8-10(20)9-17-13-11-6-4-5-7-12(11)18-14(16)19-13/h4-7,10,20H,8-9H2,1-3H3,(H3,16,17,18,19). The number of fused-ring (bicyclic) bond motifs is 1. The van der Waals surface area contributed by atoms with Crippen LogP contribution in [0.1, 0.15) is 27.2 Å². The van der Waals surface area contributed by atoms with Gasteiger partial charge in [-0.2, -0.15) is 4.98 Å². The minimum atomic E-state index is -0.426. The lowest BCUT2D eigenvalue weighted by Crippen LogP contribution is -2.25. The number of nitrogen functional groups attached to an aromatic ring is 1. The van der Waals surface area contributed by atoms with E-state index in [-0.39, 0.29) is 11.4 Å². The third-order valence-corrected chi connectivity index (χ3v) is 2.97. The maximum Gasteiger partial charge on any atom is 0.222 e. The van der Waals surface area contributed by atoms with E-state index in [4.69, 9.17) is 5.73 Å². The summed E-state index contributed by atoms with van der Waals surface area (Å²) >= 11 is 0. The average molecular weight is 274 g/mol. The fraction of sp³-hybridized carbons (Fsp3) is 0.467. The Morgan fingerprint density at radius 2 is 1.95 bits per heavy atom. The number of nitrogens with one attached hydrogen (secondary N) is 1. The van der Waals surface area contributed by atoms with Crippen LogP contribution >= 0.6 is 0 Å². The second kappa shape index (κ2) is 5.63. The zero-order chi connectivity index (χ0) is 14.8. The van der Waals surface area contributed by atoms with E-state index in [0.717, 1.165) is 17.3 Å². The molecule has 108 valence electrons. The molecular weight excluding hydrogens is 252 g/mol. The third kappa shape index (κ3) is 3.81. The summed E-state index contributed by atoms with van der Waals surface area (Å²) in [6, 6.07) is 7.67. The molecular formula is C15H22N4O. The second-order valence-corrected chi connectivity index (χ2v) is 6.25. The molecule has 1 unspecified atom stereocenters. The normalized spacial score (nSPS) is 13.4. The number of hydrogen-bond acceptors (Lipinski definition) is 5. The van der Waals surface area contributed by atoms with E-state index in [1.165, 1.54) is 0 Å². The summed E-state index contributed by atoms with van der Waals surface area (Å²) in [7, 11) is 0. The first-order valence-electron chi connectivity index (χ1n) is 6.79. The highest BCUT2D eigenvalue weighted by Gasteiger charge is 2.17. The fourth-order valence-corrected chi connectivity index (χ4v) is 2.22. The lowest BCUT2D eigenvalue weighted by atomic mass is 9.89. The van der Waals surface area contributed by atoms with E-state index >= 15 is 0 Å². The maximum atomic E-state index is 10.1. The van der Waals surface area contributed by atoms with Gasteiger partial charge in [0.1, 0.15) is 5.82 Å². The van der Waals surface area contributed by atoms with Crippen LogP contribution < -0.4 is 11.1 Å². The number of hydrogen-bond donors (Lipinski definition) is 3. The molecule has 0 fully saturated rings. The molecule has 20 heavy (non-hydrogen) atoms. The monoisotopic (exact) mass is 274 g/mol. The van der Waals surface area contributed by atoms with Gasteiger partial charge in [-0.05, 0) is 24.0 Å². The van der Waals surface area contributed by atoms with Crippen molar-refractivity contribution in [2.75, 3.05) is 17.6 Å². The van der Waals surface area contributed by atoms with Crippen LogP contribution in [0.2, 0.25) is 0 Å². The van der Waals surface area contributed by atoms with E-state index in [0.29, 0.717) is 12.4 Å². The third-order valence-electron chi connectivity index (χ3n) is 2.97. The Kier molecular flexibility index (Phi) is 4.09. The molecule has 5 nitrogen and oxygen atoms in total. The van der Waals surface area contributed by atoms with Gasteiger partial charge < -0.3 is 16.2 Å². The highest BCUT2D eigenvalue weighted by molar-refractivity contribution is 5.89. The minimum Gasteiger partial charge on any atom is -0.391 e. The number of nitrogens with two attached hydrogens (primary N) is 1. The van der Waals surface area contributed by atoms with Crippen LogP contribution in [0.15, 0.2) is 24.3 Å². The number of benzene rings is 1. The van der Waals surface area contributed by atoms with Gasteiger partial charge in [-0.25, -0.2) is 4.98 Å². The van der Waals surface area contributed by atoms with Crippen molar-refractivity contribution in [3.8, 4) is 0 Å². The number of aromatic nitrogens is 2. The van der Waals surface area contributed by atoms with Crippen molar-refractivity contribution < 1.29 is 5.11 Å². The van der Waals surface area contributed by atoms with Crippen LogP contribution in [-0.2, 0) is 0 Å². The molecule has 1 heterocycles. The first-order chi connectivity index (χ1) is 9.35. The molecule has 2 aromatic rings. The van der Waals surface area contributed by atoms with Crippen molar-refractivity contribution in [2.24, 2.45) is 5.41 Å². The Labute approximate surface area is 119 Å². The first-order valence-corrected chi connectivity index (χ1v) is 6.79. The average Bonchev–Trinajstić information content (AvgIpc) is 2.33. The largest absolute Gasteiger partial charge is 0.391 e. The van der Waals surface area contributed by atoms with E-state index < -0.39 is 6.10 Å². The zero-order valence-electron chi connectivity index (χ0n) is 12.2. The maximum absolute atomic E-state index is 10.1. The van der Waals surface area contributed by atoms with Crippen LogP contribution in [0.5, 0.6) is 0 Å². The first kappa shape index (κ1) is 14.5. The molecule has 0 amide bonds. The van der Waals surface area contributed by atoms with Gasteiger partial charge in [0.15, 0.2) is 0 Å². The lowest BCUT2D eigenvalue weighted by Gasteiger charge is -2.22. The lowest BCUT2D eigenvalue weighted by molar-refractivity contribution is 0.132. The molecule has 0 bridgehead atoms. The molecule has 0 saturated carbocycles. The van der Waals surface area contributed by atoms with Gasteiger partial charge in [-0.1, -0.05) is 32.9 Å². The molecule has 1 aromatic carbocycles. The SMILES string of the molecule is CC(C)(C)CC(O)CNc1nc(N)nc2ccccc12. The Hall–Kier alpha value is -1.88. The number of para-hydroxylation sites is 1. The second-order valence-electron chi connectivity index (χ2n) is 6.25. The molecule has 1 aromatic heterocycles. The number of anilines is 2. The molecule has 0 aliphatic rings. The van der Waals surface area contributed by atoms with Gasteiger partial charge in [0, 0.05) is 11.9 Å². The van der Waals surface area contributed by atoms with Crippen molar-refractivity contribution in [2.45, 2.75) is 33.3 Å². The Balaban J connectivity index is 2.14. The summed E-state index contributed by atoms with van der Waals surface area (Å²) in [5.74, 6) is 0.901. The van der Waals surface area contributed by atoms with E-state index in [1.807, 2.05) is 24.3 Å². The Bertz CT molecular complexity index is 592. The topological polar surface area (TPSA) is 84.1 Å². The number of aliphatic hydroxyl groups is 1. The van der Waals surface area contributed by atoms with Crippen LogP contribution in [0.3, 0.4) is 0 Å². The van der Waals surface area contributed by atoms with Crippen molar-refractivity contribution in [1.29, 1.82) is 0 Å². The smallest absolute Gasteiger partial charge is 0.222 e. The zero-order valence-corrected chi connectivity index (χ0v) is 12.2. The van der Waals surface area contributed by atoms with E-state index in [1.54, 1.807) is 0 Å². The predicted octanol–water partition coefficient (Wildman–Crippen LogP) is 2.42. The molecule has 5 heteroatoms. The summed E-state index contributed by atoms with van der Waals surface area (Å²) in [4.78, 5) is 8.40. The van der Waals surface area contributed by atoms with Crippen LogP contribution in [0, 0.1) is 5.41 Å². The van der Waals surface area contributed by atoms with Crippen molar-refractivity contribution in [1.82, 2.24) is 9.97 Å². The fourth-order valence-electron chi connectivity index (χ4n) is 2.22. The highest BCUT2D eigenvalue weighted by Crippen LogP contribution is 2.23. The summed E-state index contributed by atoms with van der Waals surface area (Å²) < 4.78 is 0. The molecule has 1 atom stereocenters. The Morgan fingerprint density at radius 1 is 1.25 bits per heavy atom. The molecule has 0 aliphatic heterocycles. The van der Waals surface area contributed by atoms with E-state index in [2.05, 4.69) is 36.1 Å². The summed E-state index contributed by atoms with van der Waals surface area (Å²) in [5, 5.41) is 14.1. The van der Waals surface area contributed by atoms with Gasteiger partial charge >= 0.3 is 0 Å². The van der Waals surface area contributed by atoms with Crippen LogP contribution in [-0.4, -0.2) is 27.7 Å². The molecule has 0 spiro atoms. The minimum absolute atomic E-state index is 0.0911. The predicted molar refractivity (Wildman–Crippen MR) is 82.5 cm³/mol. The van der Waals surface area contributed by atoms with Crippen molar-refractivity contribution >= 4 is 22.7 Å². The summed E-state index contributed by atoms with van der Waals surface area (Å²) in [6.45, 7) is 6.76. The Morgan fingerprint density at radius 3 is 2.65 bits per heavy atom. The highest BCUT2D eigenvalue weighted by atomic mass is 16.3. The molecule has 0 saturated heterocycles. The van der Waals surface area contributed by atoms with Crippen molar-refractivity contribution in [3.63, 3.8) is 0 Å². The number of rotatable bonds is 4. The summed E-state index contributed by atoms with van der Waals surface area (Å²) in [5.41, 5.74) is 6.60. The van der Waals surface area contributed by atoms with Crippen molar-refractivity contribution in [3.05, 3.63) is 24.3 Å². The van der Waals surface area contributed by atoms with Gasteiger partial charge in [0.25, 0.3) is 0 Å². The van der Waals surface area contributed by atoms with Crippen LogP contribution in [0.25, 0.3) is 10.9 Å². The summed E-state index contributed by atoms with van der Waals surface area (Å²) in [6.07, 6.45) is 0.295. The molecule has 4 N–H and O–H groups in total. The van der Waals surface area contributed by atoms with Gasteiger partial charge in [-0.3, -0.25) is 0 Å². The molecule has 2 rings (SSSR count). The van der Waals surface area contributed by atoms with E-state index in [9.17, 15) is 5.11 Å². The quantitative estimate of drug-likeness (QED) is 0.797.